The first-order chi connectivity index (χ1) is 15.9. The summed E-state index contributed by atoms with van der Waals surface area (Å²) in [5.74, 6) is 1.60. The van der Waals surface area contributed by atoms with Gasteiger partial charge < -0.3 is 24.0 Å². The van der Waals surface area contributed by atoms with Crippen LogP contribution in [-0.4, -0.2) is 87.3 Å². The van der Waals surface area contributed by atoms with Gasteiger partial charge in [-0.25, -0.2) is 0 Å². The van der Waals surface area contributed by atoms with Gasteiger partial charge in [-0.2, -0.15) is 0 Å². The molecule has 0 bridgehead atoms. The number of carbonyl (C=O) groups excluding carboxylic acids is 2. The number of hydrogen-bond donors (Lipinski definition) is 0. The number of methoxy groups -OCH3 is 2. The lowest BCUT2D eigenvalue weighted by Gasteiger charge is -2.39. The molecular weight excluding hydrogens is 422 g/mol. The second-order valence-electron chi connectivity index (χ2n) is 9.69. The van der Waals surface area contributed by atoms with Crippen molar-refractivity contribution in [3.63, 3.8) is 0 Å². The molecule has 8 nitrogen and oxygen atoms in total. The smallest absolute Gasteiger partial charge is 0.228 e. The number of carbonyl (C=O) groups is 2. The van der Waals surface area contributed by atoms with Gasteiger partial charge in [-0.15, -0.1) is 0 Å². The highest BCUT2D eigenvalue weighted by Gasteiger charge is 2.38. The highest BCUT2D eigenvalue weighted by atomic mass is 16.5. The summed E-state index contributed by atoms with van der Waals surface area (Å²) in [5, 5.41) is 0. The number of morpholine rings is 1. The fourth-order valence-corrected chi connectivity index (χ4v) is 5.51. The number of hydrogen-bond acceptors (Lipinski definition) is 6. The van der Waals surface area contributed by atoms with Crippen molar-refractivity contribution in [1.29, 1.82) is 0 Å². The Bertz CT molecular complexity index is 844. The molecule has 3 unspecified atom stereocenters. The van der Waals surface area contributed by atoms with Gasteiger partial charge in [0.05, 0.1) is 32.3 Å². The van der Waals surface area contributed by atoms with E-state index in [1.807, 2.05) is 11.0 Å². The molecule has 2 amide bonds. The Balaban J connectivity index is 1.30. The summed E-state index contributed by atoms with van der Waals surface area (Å²) in [4.78, 5) is 32.1. The molecule has 3 aliphatic heterocycles. The van der Waals surface area contributed by atoms with Crippen LogP contribution in [0.2, 0.25) is 0 Å². The second-order valence-corrected chi connectivity index (χ2v) is 9.69. The van der Waals surface area contributed by atoms with E-state index in [9.17, 15) is 9.59 Å². The molecule has 0 aromatic heterocycles. The van der Waals surface area contributed by atoms with Gasteiger partial charge >= 0.3 is 0 Å². The fourth-order valence-electron chi connectivity index (χ4n) is 5.51. The van der Waals surface area contributed by atoms with Gasteiger partial charge in [-0.05, 0) is 44.7 Å². The molecular formula is C25H37N3O5. The highest BCUT2D eigenvalue weighted by molar-refractivity contribution is 6.00. The summed E-state index contributed by atoms with van der Waals surface area (Å²) in [6.07, 6.45) is 2.86. The first kappa shape index (κ1) is 23.8. The largest absolute Gasteiger partial charge is 0.493 e. The molecule has 0 spiro atoms. The monoisotopic (exact) mass is 459 g/mol. The lowest BCUT2D eigenvalue weighted by molar-refractivity contribution is -0.137. The van der Waals surface area contributed by atoms with Crippen LogP contribution in [0, 0.1) is 11.8 Å². The minimum atomic E-state index is -0.289. The van der Waals surface area contributed by atoms with Gasteiger partial charge in [0.2, 0.25) is 11.8 Å². The molecule has 0 aliphatic carbocycles. The van der Waals surface area contributed by atoms with Crippen molar-refractivity contribution in [2.24, 2.45) is 11.8 Å². The Hall–Kier alpha value is -2.32. The van der Waals surface area contributed by atoms with Crippen LogP contribution < -0.4 is 14.4 Å². The number of amides is 2. The van der Waals surface area contributed by atoms with Crippen molar-refractivity contribution >= 4 is 17.5 Å². The maximum atomic E-state index is 13.2. The molecule has 3 saturated heterocycles. The Labute approximate surface area is 196 Å². The summed E-state index contributed by atoms with van der Waals surface area (Å²) < 4.78 is 16.5. The lowest BCUT2D eigenvalue weighted by Crippen LogP contribution is -2.49. The first-order valence-electron chi connectivity index (χ1n) is 12.1. The molecule has 1 aromatic carbocycles. The third kappa shape index (κ3) is 5.44. The Morgan fingerprint density at radius 3 is 2.33 bits per heavy atom. The zero-order valence-corrected chi connectivity index (χ0v) is 20.3. The second kappa shape index (κ2) is 10.3. The van der Waals surface area contributed by atoms with Crippen molar-refractivity contribution in [3.8, 4) is 11.5 Å². The van der Waals surface area contributed by atoms with E-state index >= 15 is 0 Å². The number of anilines is 1. The van der Waals surface area contributed by atoms with Crippen molar-refractivity contribution in [2.75, 3.05) is 58.4 Å². The number of benzene rings is 1. The average Bonchev–Trinajstić information content (AvgIpc) is 3.19. The maximum absolute atomic E-state index is 13.2. The van der Waals surface area contributed by atoms with Gasteiger partial charge in [0.25, 0.3) is 0 Å². The van der Waals surface area contributed by atoms with Crippen LogP contribution in [0.5, 0.6) is 11.5 Å². The van der Waals surface area contributed by atoms with E-state index in [-0.39, 0.29) is 36.4 Å². The Morgan fingerprint density at radius 1 is 1.03 bits per heavy atom. The highest BCUT2D eigenvalue weighted by Crippen LogP contribution is 2.34. The molecule has 0 radical (unpaired) electrons. The van der Waals surface area contributed by atoms with Crippen LogP contribution in [-0.2, 0) is 14.3 Å². The summed E-state index contributed by atoms with van der Waals surface area (Å²) in [7, 11) is 3.15. The summed E-state index contributed by atoms with van der Waals surface area (Å²) in [6, 6.07) is 5.42. The van der Waals surface area contributed by atoms with E-state index in [4.69, 9.17) is 14.2 Å². The topological polar surface area (TPSA) is 71.5 Å². The van der Waals surface area contributed by atoms with E-state index in [2.05, 4.69) is 18.7 Å². The molecule has 0 saturated carbocycles. The van der Waals surface area contributed by atoms with E-state index in [1.165, 1.54) is 0 Å². The summed E-state index contributed by atoms with van der Waals surface area (Å²) >= 11 is 0. The molecule has 4 rings (SSSR count). The number of piperidine rings is 1. The minimum absolute atomic E-state index is 0.0222. The van der Waals surface area contributed by atoms with Crippen LogP contribution in [0.4, 0.5) is 5.69 Å². The van der Waals surface area contributed by atoms with E-state index in [0.29, 0.717) is 24.0 Å². The molecule has 8 heteroatoms. The summed E-state index contributed by atoms with van der Waals surface area (Å²) in [6.45, 7) is 9.29. The molecule has 182 valence electrons. The number of nitrogens with zero attached hydrogens (tertiary/aromatic N) is 3. The molecule has 33 heavy (non-hydrogen) atoms. The van der Waals surface area contributed by atoms with Crippen LogP contribution in [0.3, 0.4) is 0 Å². The molecule has 3 heterocycles. The van der Waals surface area contributed by atoms with Gasteiger partial charge in [0, 0.05) is 57.4 Å². The molecule has 3 aliphatic rings. The van der Waals surface area contributed by atoms with Crippen LogP contribution >= 0.6 is 0 Å². The van der Waals surface area contributed by atoms with Crippen LogP contribution in [0.1, 0.15) is 33.1 Å². The van der Waals surface area contributed by atoms with Crippen molar-refractivity contribution in [2.45, 2.75) is 45.3 Å². The van der Waals surface area contributed by atoms with Gasteiger partial charge in [-0.1, -0.05) is 0 Å². The van der Waals surface area contributed by atoms with Crippen molar-refractivity contribution in [1.82, 2.24) is 9.80 Å². The zero-order valence-electron chi connectivity index (χ0n) is 20.3. The standard InChI is InChI=1S/C25H37N3O5/c1-17-13-26(14-18(2)33-17)15-19-7-9-27(10-8-19)25(30)20-11-24(29)28(16-20)21-5-6-22(31-3)23(12-21)32-4/h5-6,12,17-20H,7-11,13-16H2,1-4H3. The van der Waals surface area contributed by atoms with Crippen molar-refractivity contribution < 1.29 is 23.8 Å². The van der Waals surface area contributed by atoms with Crippen LogP contribution in [0.25, 0.3) is 0 Å². The minimum Gasteiger partial charge on any atom is -0.493 e. The number of rotatable bonds is 6. The number of ether oxygens (including phenoxy) is 3. The SMILES string of the molecule is COc1ccc(N2CC(C(=O)N3CCC(CN4CC(C)OC(C)C4)CC3)CC2=O)cc1OC. The predicted octanol–water partition coefficient (Wildman–Crippen LogP) is 2.40. The van der Waals surface area contributed by atoms with Gasteiger partial charge in [0.15, 0.2) is 11.5 Å². The van der Waals surface area contributed by atoms with Gasteiger partial charge in [-0.3, -0.25) is 14.5 Å². The predicted molar refractivity (Wildman–Crippen MR) is 126 cm³/mol. The molecule has 3 atom stereocenters. The van der Waals surface area contributed by atoms with Gasteiger partial charge in [0.1, 0.15) is 0 Å². The first-order valence-corrected chi connectivity index (χ1v) is 12.1. The van der Waals surface area contributed by atoms with Crippen LogP contribution in [0.15, 0.2) is 18.2 Å². The zero-order chi connectivity index (χ0) is 23.5. The molecule has 1 aromatic rings. The Kier molecular flexibility index (Phi) is 7.44. The fraction of sp³-hybridized carbons (Fsp3) is 0.680. The third-order valence-corrected chi connectivity index (χ3v) is 7.09. The third-order valence-electron chi connectivity index (χ3n) is 7.09. The maximum Gasteiger partial charge on any atom is 0.228 e. The van der Waals surface area contributed by atoms with E-state index in [1.54, 1.807) is 31.3 Å². The average molecular weight is 460 g/mol. The molecule has 3 fully saturated rings. The Morgan fingerprint density at radius 2 is 1.70 bits per heavy atom. The van der Waals surface area contributed by atoms with Crippen molar-refractivity contribution in [3.05, 3.63) is 18.2 Å². The normalized spacial score (nSPS) is 27.2. The number of likely N-dealkylation sites (tertiary alicyclic amines) is 1. The van der Waals surface area contributed by atoms with E-state index in [0.717, 1.165) is 51.3 Å². The quantitative estimate of drug-likeness (QED) is 0.651. The summed E-state index contributed by atoms with van der Waals surface area (Å²) in [5.41, 5.74) is 0.737. The molecule has 0 N–H and O–H groups in total. The van der Waals surface area contributed by atoms with E-state index < -0.39 is 0 Å². The lowest BCUT2D eigenvalue weighted by atomic mass is 9.94.